The predicted octanol–water partition coefficient (Wildman–Crippen LogP) is 8.09. The number of aliphatic hydroxyl groups is 1. The molecule has 0 aromatic heterocycles. The van der Waals surface area contributed by atoms with Crippen LogP contribution < -0.4 is 27.5 Å². The quantitative estimate of drug-likeness (QED) is 0.00261. The van der Waals surface area contributed by atoms with Crippen LogP contribution >= 0.6 is 39.1 Å². The molecule has 125 heavy (non-hydrogen) atoms. The molecule has 0 saturated carbocycles. The first-order valence-electron chi connectivity index (χ1n) is 38.8. The summed E-state index contributed by atoms with van der Waals surface area (Å²) >= 11 is 13.3. The molecule has 0 bridgehead atoms. The van der Waals surface area contributed by atoms with Crippen LogP contribution in [-0.4, -0.2) is 264 Å². The van der Waals surface area contributed by atoms with Crippen molar-refractivity contribution >= 4 is 116 Å². The zero-order valence-electron chi connectivity index (χ0n) is 72.1. The molecule has 0 radical (unpaired) electrons. The van der Waals surface area contributed by atoms with E-state index in [9.17, 15) is 57.5 Å². The molecule has 0 unspecified atom stereocenters. The van der Waals surface area contributed by atoms with Gasteiger partial charge in [-0.3, -0.25) is 72.4 Å². The molecular weight excluding hydrogens is 2400 g/mol. The molecule has 4 aliphatic rings. The van der Waals surface area contributed by atoms with Crippen LogP contribution in [0.2, 0.25) is 0 Å². The number of hydrogen-bond donors (Lipinski definition) is 6. The maximum Gasteiger partial charge on any atom is 0.337 e. The molecule has 4 amide bonds. The molecule has 0 atom stereocenters. The van der Waals surface area contributed by atoms with E-state index in [0.717, 1.165) is 85.6 Å². The number of amides is 4. The monoisotopic (exact) mass is 2510 g/mol. The van der Waals surface area contributed by atoms with Crippen LogP contribution in [0.25, 0.3) is 0 Å². The first kappa shape index (κ1) is 120. The van der Waals surface area contributed by atoms with E-state index in [1.54, 1.807) is 99.9 Å². The van der Waals surface area contributed by atoms with Crippen molar-refractivity contribution in [2.24, 2.45) is 5.84 Å². The number of rotatable bonds is 33. The van der Waals surface area contributed by atoms with Gasteiger partial charge in [0.2, 0.25) is 28.9 Å². The molecule has 10 rings (SSSR count). The zero-order chi connectivity index (χ0) is 90.6. The summed E-state index contributed by atoms with van der Waals surface area (Å²) in [6, 6.07) is 43.7. The standard InChI is InChI=1S/C16H21N2O4.C16H19N2O4.C14H18N2O3.C13H16N2O3.C11H16N2O2.C10H11BrO2.C3H4Cl2O.C3H3O.CH6N2.3U/c2*1-22-16(21)14-5-3-13(4-6-14)7-11-18-15(20)8-10-17(18)9-2-12-19;1-15-9-8-13(17)16(15)10-7-11-3-5-12(6-4-11)14(18)19-2;1-18-13(17)11-4-2-10(3-5-11)7-9-15-12(16)6-8-14-15;1-12-13-8-7-9-3-5-10(6-4-9)11(14)15-2;1-13-10(12)9-4-2-8(3-5-9)6-7-11;4-2-1-3(5)6;1-2-3-4;1-3-2;;;/h3-6,12,19H,2,7-11H2,1H3;3-6H,2,7-11H2,1H3;3-6H,7-10H2,1-2H3;2-5,14H,6-9H2,1H3;3-6,12-13H,7-8H2,1-2H3;2-5H,6-7H2,1H3;1-2H2;2H,1H2;3H,2H2,1H3;;;/q2*-1;;;;;;-1;;;;. The molecule has 4 fully saturated rings. The molecule has 0 aliphatic carbocycles. The number of esters is 6. The van der Waals surface area contributed by atoms with Crippen molar-refractivity contribution in [2.75, 3.05) is 147 Å². The molecule has 6 aromatic carbocycles. The van der Waals surface area contributed by atoms with Gasteiger partial charge in [-0.05, 0) is 190 Å². The minimum absolute atomic E-state index is 0. The molecule has 4 heterocycles. The van der Waals surface area contributed by atoms with E-state index in [1.165, 1.54) is 60.1 Å². The Morgan fingerprint density at radius 2 is 0.800 bits per heavy atom. The van der Waals surface area contributed by atoms with Crippen LogP contribution in [0.4, 0.5) is 0 Å². The van der Waals surface area contributed by atoms with E-state index in [2.05, 4.69) is 78.5 Å². The number of carbonyl (C=O) groups is 11. The molecule has 4 saturated heterocycles. The van der Waals surface area contributed by atoms with Gasteiger partial charge in [-0.15, -0.1) is 24.4 Å². The van der Waals surface area contributed by atoms with E-state index >= 15 is 0 Å². The fraction of sp³-hybridized carbons (Fsp3) is 0.402. The minimum Gasteiger partial charge on any atom is -0.566 e. The zero-order valence-corrected chi connectivity index (χ0v) is 87.7. The van der Waals surface area contributed by atoms with Gasteiger partial charge >= 0.3 is 35.8 Å². The third-order valence-corrected chi connectivity index (χ3v) is 18.7. The number of halogens is 3. The van der Waals surface area contributed by atoms with Gasteiger partial charge < -0.3 is 43.1 Å². The van der Waals surface area contributed by atoms with E-state index in [0.29, 0.717) is 143 Å². The number of nitrogens with two attached hydrogens (primary N) is 1. The van der Waals surface area contributed by atoms with E-state index in [4.69, 9.17) is 33.1 Å². The molecule has 7 N–H and O–H groups in total. The van der Waals surface area contributed by atoms with Crippen molar-refractivity contribution in [3.63, 3.8) is 0 Å². The largest absolute Gasteiger partial charge is 0.566 e. The Labute approximate surface area is 822 Å². The van der Waals surface area contributed by atoms with Gasteiger partial charge in [0.05, 0.1) is 76.0 Å². The number of nitrogens with one attached hydrogen (secondary N) is 4. The van der Waals surface area contributed by atoms with Gasteiger partial charge in [0.25, 0.3) is 0 Å². The number of nitrogens with zero attached hydrogens (tertiary/aromatic N) is 7. The van der Waals surface area contributed by atoms with Gasteiger partial charge in [0.1, 0.15) is 0 Å². The molecule has 6 aromatic rings. The maximum absolute atomic E-state index is 11.9. The SMILES string of the molecule is C=C[C-]=O.CNN.CNNCCc1ccc(C(=O)OC)cc1.COC(=O)c1ccc(CCBr)cc1.COC(=O)c1ccc(CCN2C(=O)CCN2C)cc1.COC(=O)c1ccc(CCN2C(=O)CCN2CC[C-]=O)cc1.COC(=O)c1ccc(CCN2C(=O)CCN2CC[CH-]O)cc1.COC(=O)c1ccc(CCN2NCCC2=O)cc1.O=C(Cl)CCCl.[U].[U].[U]. The van der Waals surface area contributed by atoms with Crippen LogP contribution in [0.15, 0.2) is 158 Å². The van der Waals surface area contributed by atoms with Crippen LogP contribution in [-0.2, 0) is 101 Å². The van der Waals surface area contributed by atoms with Gasteiger partial charge in [-0.25, -0.2) is 68.5 Å². The van der Waals surface area contributed by atoms with Gasteiger partial charge in [0, 0.05) is 203 Å². The second-order valence-corrected chi connectivity index (χ2v) is 27.7. The van der Waals surface area contributed by atoms with Gasteiger partial charge in [-0.1, -0.05) is 88.7 Å². The normalized spacial score (nSPS) is 12.8. The average Bonchev–Trinajstić information content (AvgIpc) is 1.69. The van der Waals surface area contributed by atoms with Crippen LogP contribution in [0.3, 0.4) is 0 Å². The summed E-state index contributed by atoms with van der Waals surface area (Å²) in [5.41, 5.74) is 21.1. The van der Waals surface area contributed by atoms with Crippen molar-refractivity contribution in [1.82, 2.24) is 56.8 Å². The Kier molecular flexibility index (Phi) is 69.4. The number of benzene rings is 6. The summed E-state index contributed by atoms with van der Waals surface area (Å²) in [6.45, 7) is 11.6. The van der Waals surface area contributed by atoms with Crippen molar-refractivity contribution in [3.8, 4) is 0 Å². The van der Waals surface area contributed by atoms with Crippen LogP contribution in [0, 0.1) is 99.9 Å². The Bertz CT molecular complexity index is 4160. The molecule has 38 heteroatoms. The second-order valence-electron chi connectivity index (χ2n) is 26.1. The fourth-order valence-electron chi connectivity index (χ4n) is 11.4. The number of aliphatic hydroxyl groups excluding tert-OH is 1. The average molecular weight is 2510 g/mol. The fourth-order valence-corrected chi connectivity index (χ4v) is 12.2. The summed E-state index contributed by atoms with van der Waals surface area (Å²) in [4.78, 5) is 143. The van der Waals surface area contributed by atoms with Crippen LogP contribution in [0.1, 0.15) is 140 Å². The molecule has 32 nitrogen and oxygen atoms in total. The molecular formula is C87H114BrCl2N12O20U3-3. The van der Waals surface area contributed by atoms with Crippen molar-refractivity contribution in [3.05, 3.63) is 232 Å². The Balaban J connectivity index is 0. The predicted molar refractivity (Wildman–Crippen MR) is 465 cm³/mol. The smallest absolute Gasteiger partial charge is 0.337 e. The topological polar surface area (TPSA) is 394 Å². The summed E-state index contributed by atoms with van der Waals surface area (Å²) < 4.78 is 27.8. The number of ether oxygens (including phenoxy) is 6. The number of methoxy groups -OCH3 is 6. The van der Waals surface area contributed by atoms with E-state index in [1.807, 2.05) is 108 Å². The van der Waals surface area contributed by atoms with Gasteiger partial charge in [0.15, 0.2) is 0 Å². The van der Waals surface area contributed by atoms with Gasteiger partial charge in [-0.2, -0.15) is 0 Å². The second kappa shape index (κ2) is 72.5. The first-order valence-corrected chi connectivity index (χ1v) is 40.9. The molecule has 4 aliphatic heterocycles. The summed E-state index contributed by atoms with van der Waals surface area (Å²) in [6.07, 6.45) is 12.5. The summed E-state index contributed by atoms with van der Waals surface area (Å²) in [5.74, 6) is 3.46. The first-order chi connectivity index (χ1) is 58.8. The van der Waals surface area contributed by atoms with Crippen molar-refractivity contribution in [1.29, 1.82) is 0 Å². The Morgan fingerprint density at radius 1 is 0.496 bits per heavy atom. The third kappa shape index (κ3) is 48.6. The van der Waals surface area contributed by atoms with Crippen molar-refractivity contribution in [2.45, 2.75) is 83.5 Å². The number of allylic oxidation sites excluding steroid dienone is 1. The maximum atomic E-state index is 11.9. The summed E-state index contributed by atoms with van der Waals surface area (Å²) in [7, 11) is 13.6. The number of carbonyl (C=O) groups excluding carboxylic acids is 13. The van der Waals surface area contributed by atoms with Crippen molar-refractivity contribution < 1.29 is 189 Å². The van der Waals surface area contributed by atoms with E-state index < -0.39 is 0 Å². The van der Waals surface area contributed by atoms with Crippen LogP contribution in [0.5, 0.6) is 0 Å². The summed E-state index contributed by atoms with van der Waals surface area (Å²) in [5, 5.41) is 22.0. The third-order valence-electron chi connectivity index (χ3n) is 17.9. The minimum atomic E-state index is -0.370. The number of aryl methyl sites for hydroxylation is 1. The Hall–Kier alpha value is -7.37. The Morgan fingerprint density at radius 3 is 1.06 bits per heavy atom. The number of alkyl halides is 2. The molecule has 678 valence electrons. The molecule has 0 spiro atoms. The van der Waals surface area contributed by atoms with E-state index in [-0.39, 0.29) is 164 Å². The number of hydrogen-bond acceptors (Lipinski definition) is 28. The number of hydrazine groups is 6.